The van der Waals surface area contributed by atoms with Crippen molar-refractivity contribution in [2.45, 2.75) is 31.3 Å². The molecule has 0 bridgehead atoms. The van der Waals surface area contributed by atoms with Crippen LogP contribution in [0.4, 0.5) is 35.0 Å². The van der Waals surface area contributed by atoms with Crippen molar-refractivity contribution < 1.29 is 42.2 Å². The molecule has 1 atom stereocenters. The lowest BCUT2D eigenvalue weighted by Gasteiger charge is -2.45. The molecule has 212 valence electrons. The number of hydrogen-bond donors (Lipinski definition) is 2. The second kappa shape index (κ2) is 9.54. The van der Waals surface area contributed by atoms with Gasteiger partial charge in [-0.2, -0.15) is 0 Å². The molecule has 3 aromatic rings. The molecule has 0 aromatic heterocycles. The second-order valence-electron chi connectivity index (χ2n) is 9.91. The predicted molar refractivity (Wildman–Crippen MR) is 142 cm³/mol. The number of carboxylic acid groups (broad SMARTS) is 1. The van der Waals surface area contributed by atoms with Gasteiger partial charge in [-0.05, 0) is 42.1 Å². The van der Waals surface area contributed by atoms with Crippen LogP contribution in [0.1, 0.15) is 23.2 Å². The Morgan fingerprint density at radius 2 is 1.85 bits per heavy atom. The third-order valence-electron chi connectivity index (χ3n) is 7.34. The summed E-state index contributed by atoms with van der Waals surface area (Å²) in [5, 5.41) is 13.5. The Kier molecular flexibility index (Phi) is 6.21. The lowest BCUT2D eigenvalue weighted by Crippen LogP contribution is -2.61. The first-order valence-electron chi connectivity index (χ1n) is 12.5. The molecule has 3 aliphatic heterocycles. The fourth-order valence-corrected chi connectivity index (χ4v) is 5.83. The minimum absolute atomic E-state index is 0.0780. The molecule has 2 N–H and O–H groups in total. The van der Waals surface area contributed by atoms with E-state index < -0.39 is 36.2 Å². The molecule has 10 nitrogen and oxygen atoms in total. The molecule has 0 spiro atoms. The Bertz CT molecular complexity index is 1640. The van der Waals surface area contributed by atoms with Gasteiger partial charge >= 0.3 is 12.5 Å². The molecule has 14 heteroatoms. The lowest BCUT2D eigenvalue weighted by molar-refractivity contribution is -0.274. The third kappa shape index (κ3) is 4.75. The van der Waals surface area contributed by atoms with Crippen LogP contribution in [0.3, 0.4) is 0 Å². The minimum Gasteiger partial charge on any atom is -0.465 e. The molecule has 0 saturated carbocycles. The highest BCUT2D eigenvalue weighted by molar-refractivity contribution is 6.31. The summed E-state index contributed by atoms with van der Waals surface area (Å²) in [6, 6.07) is 10.5. The first-order valence-corrected chi connectivity index (χ1v) is 12.8. The van der Waals surface area contributed by atoms with Gasteiger partial charge in [0.2, 0.25) is 11.8 Å². The van der Waals surface area contributed by atoms with Crippen molar-refractivity contribution in [2.75, 3.05) is 27.8 Å². The number of imide groups is 1. The summed E-state index contributed by atoms with van der Waals surface area (Å²) in [5.74, 6) is -1.95. The normalized spacial score (nSPS) is 18.9. The van der Waals surface area contributed by atoms with E-state index in [0.717, 1.165) is 22.4 Å². The molecular weight excluding hydrogens is 569 g/mol. The van der Waals surface area contributed by atoms with Crippen molar-refractivity contribution in [3.63, 3.8) is 0 Å². The van der Waals surface area contributed by atoms with Crippen molar-refractivity contribution in [2.24, 2.45) is 0 Å². The van der Waals surface area contributed by atoms with Crippen LogP contribution >= 0.6 is 11.6 Å². The van der Waals surface area contributed by atoms with E-state index in [-0.39, 0.29) is 48.5 Å². The zero-order chi connectivity index (χ0) is 29.2. The molecule has 41 heavy (non-hydrogen) atoms. The maximum absolute atomic E-state index is 13.5. The zero-order valence-electron chi connectivity index (χ0n) is 20.9. The van der Waals surface area contributed by atoms with Crippen LogP contribution in [0.5, 0.6) is 5.75 Å². The maximum Gasteiger partial charge on any atom is 0.573 e. The molecule has 4 amide bonds. The Hall–Kier alpha value is -4.52. The van der Waals surface area contributed by atoms with Crippen LogP contribution < -0.4 is 24.8 Å². The molecule has 3 heterocycles. The van der Waals surface area contributed by atoms with Crippen molar-refractivity contribution >= 4 is 63.3 Å². The van der Waals surface area contributed by atoms with E-state index in [1.54, 1.807) is 18.2 Å². The quantitative estimate of drug-likeness (QED) is 0.420. The summed E-state index contributed by atoms with van der Waals surface area (Å²) in [7, 11) is 0. The number of nitrogens with one attached hydrogen (secondary N) is 1. The van der Waals surface area contributed by atoms with E-state index in [4.69, 9.17) is 11.6 Å². The number of nitrogens with zero attached hydrogens (tertiary/aromatic N) is 3. The fraction of sp³-hybridized carbons (Fsp3) is 0.259. The molecular formula is C27H20ClF3N4O6. The van der Waals surface area contributed by atoms with Gasteiger partial charge in [0.15, 0.2) is 0 Å². The van der Waals surface area contributed by atoms with Gasteiger partial charge in [-0.3, -0.25) is 29.5 Å². The van der Waals surface area contributed by atoms with Crippen LogP contribution in [0.25, 0.3) is 10.8 Å². The van der Waals surface area contributed by atoms with E-state index in [1.165, 1.54) is 11.0 Å². The molecule has 0 radical (unpaired) electrons. The molecule has 3 aliphatic rings. The number of halogens is 4. The van der Waals surface area contributed by atoms with Crippen LogP contribution in [-0.2, 0) is 9.59 Å². The standard InChI is InChI=1S/C27H20ClF3N4O6/c28-14-7-16(9-18(8-14)41-27(29,30)31)34(26(39)40)17-11-33(12-17)15-6-13-2-1-3-20-23(13)19(10-15)25(38)35(20)21-4-5-22(36)32-24(21)37/h1-3,6-10,17,21H,4-5,11-12H2,(H,39,40)(H,32,36,37). The summed E-state index contributed by atoms with van der Waals surface area (Å²) in [6.45, 7) is 0.369. The van der Waals surface area contributed by atoms with Gasteiger partial charge in [0.1, 0.15) is 11.8 Å². The Morgan fingerprint density at radius 1 is 1.10 bits per heavy atom. The number of alkyl halides is 3. The summed E-state index contributed by atoms with van der Waals surface area (Å²) >= 11 is 5.95. The van der Waals surface area contributed by atoms with E-state index in [9.17, 15) is 37.5 Å². The number of piperidine rings is 1. The van der Waals surface area contributed by atoms with Gasteiger partial charge in [-0.15, -0.1) is 13.2 Å². The number of ether oxygens (including phenoxy) is 1. The third-order valence-corrected chi connectivity index (χ3v) is 7.55. The summed E-state index contributed by atoms with van der Waals surface area (Å²) in [5.41, 5.74) is 1.50. The highest BCUT2D eigenvalue weighted by Crippen LogP contribution is 2.43. The molecule has 2 saturated heterocycles. The SMILES string of the molecule is O=C1CCC(N2C(=O)c3cc(N4CC(N(C(=O)O)c5cc(Cl)cc(OC(F)(F)F)c5)C4)cc4cccc2c34)C(=O)N1. The Morgan fingerprint density at radius 3 is 2.54 bits per heavy atom. The molecule has 3 aromatic carbocycles. The number of amides is 4. The molecule has 1 unspecified atom stereocenters. The van der Waals surface area contributed by atoms with E-state index in [1.807, 2.05) is 17.0 Å². The summed E-state index contributed by atoms with van der Waals surface area (Å²) in [6.07, 6.45) is -6.05. The van der Waals surface area contributed by atoms with Gasteiger partial charge in [0, 0.05) is 41.7 Å². The van der Waals surface area contributed by atoms with Crippen LogP contribution in [0.2, 0.25) is 5.02 Å². The monoisotopic (exact) mass is 588 g/mol. The second-order valence-corrected chi connectivity index (χ2v) is 10.4. The lowest BCUT2D eigenvalue weighted by atomic mass is 10.00. The molecule has 0 aliphatic carbocycles. The van der Waals surface area contributed by atoms with Gasteiger partial charge in [-0.1, -0.05) is 23.7 Å². The van der Waals surface area contributed by atoms with E-state index in [0.29, 0.717) is 22.3 Å². The van der Waals surface area contributed by atoms with E-state index >= 15 is 0 Å². The number of rotatable bonds is 5. The largest absolute Gasteiger partial charge is 0.573 e. The average Bonchev–Trinajstić information content (AvgIpc) is 3.12. The summed E-state index contributed by atoms with van der Waals surface area (Å²) in [4.78, 5) is 54.1. The topological polar surface area (TPSA) is 119 Å². The smallest absolute Gasteiger partial charge is 0.465 e. The van der Waals surface area contributed by atoms with Crippen LogP contribution in [0, 0.1) is 0 Å². The van der Waals surface area contributed by atoms with E-state index in [2.05, 4.69) is 10.1 Å². The predicted octanol–water partition coefficient (Wildman–Crippen LogP) is 4.53. The van der Waals surface area contributed by atoms with Gasteiger partial charge in [0.05, 0.1) is 23.0 Å². The summed E-state index contributed by atoms with van der Waals surface area (Å²) < 4.78 is 42.2. The van der Waals surface area contributed by atoms with Crippen LogP contribution in [0.15, 0.2) is 48.5 Å². The highest BCUT2D eigenvalue weighted by Gasteiger charge is 2.42. The number of hydrogen-bond acceptors (Lipinski definition) is 6. The van der Waals surface area contributed by atoms with Crippen molar-refractivity contribution in [3.8, 4) is 5.75 Å². The van der Waals surface area contributed by atoms with Crippen molar-refractivity contribution in [1.29, 1.82) is 0 Å². The minimum atomic E-state index is -4.98. The van der Waals surface area contributed by atoms with Crippen molar-refractivity contribution in [1.82, 2.24) is 5.32 Å². The first kappa shape index (κ1) is 26.7. The Balaban J connectivity index is 1.26. The molecule has 6 rings (SSSR count). The number of carbonyl (C=O) groups excluding carboxylic acids is 3. The van der Waals surface area contributed by atoms with Gasteiger partial charge in [0.25, 0.3) is 5.91 Å². The van der Waals surface area contributed by atoms with Crippen molar-refractivity contribution in [3.05, 3.63) is 59.1 Å². The highest BCUT2D eigenvalue weighted by atomic mass is 35.5. The fourth-order valence-electron chi connectivity index (χ4n) is 5.61. The number of carbonyl (C=O) groups is 4. The number of benzene rings is 3. The number of anilines is 3. The average molecular weight is 589 g/mol. The van der Waals surface area contributed by atoms with Gasteiger partial charge in [-0.25, -0.2) is 4.79 Å². The van der Waals surface area contributed by atoms with Crippen LogP contribution in [-0.4, -0.2) is 60.5 Å². The zero-order valence-corrected chi connectivity index (χ0v) is 21.7. The Labute approximate surface area is 234 Å². The molecule has 2 fully saturated rings. The van der Waals surface area contributed by atoms with Gasteiger partial charge < -0.3 is 14.7 Å². The first-order chi connectivity index (χ1) is 19.4. The maximum atomic E-state index is 13.5.